The maximum atomic E-state index is 10.6. The van der Waals surface area contributed by atoms with E-state index in [9.17, 15) is 5.11 Å². The molecule has 26 heavy (non-hydrogen) atoms. The third-order valence-corrected chi connectivity index (χ3v) is 9.72. The Balaban J connectivity index is 1.46. The van der Waals surface area contributed by atoms with Crippen LogP contribution in [0.15, 0.2) is 11.6 Å². The van der Waals surface area contributed by atoms with Crippen LogP contribution in [0.2, 0.25) is 0 Å². The fourth-order valence-corrected chi connectivity index (χ4v) is 8.00. The summed E-state index contributed by atoms with van der Waals surface area (Å²) in [5, 5.41) is 10.6. The first-order valence-corrected chi connectivity index (χ1v) is 11.3. The topological polar surface area (TPSA) is 29.5 Å². The highest BCUT2D eigenvalue weighted by Crippen LogP contribution is 2.67. The van der Waals surface area contributed by atoms with E-state index in [4.69, 9.17) is 4.74 Å². The Morgan fingerprint density at radius 3 is 2.42 bits per heavy atom. The molecule has 0 aromatic carbocycles. The average molecular weight is 359 g/mol. The average Bonchev–Trinajstić information content (AvgIpc) is 3.34. The SMILES string of the molecule is CC1(C)C2=CCC3C(CC[C@@]4(C)C3CC[C@@H]4OC3CC3)[C@@]2(C)CC[C@@H]1O. The van der Waals surface area contributed by atoms with Crippen molar-refractivity contribution in [3.63, 3.8) is 0 Å². The molecule has 3 unspecified atom stereocenters. The molecule has 0 bridgehead atoms. The van der Waals surface area contributed by atoms with Crippen molar-refractivity contribution in [2.75, 3.05) is 0 Å². The van der Waals surface area contributed by atoms with Gasteiger partial charge in [-0.3, -0.25) is 0 Å². The monoisotopic (exact) mass is 358 g/mol. The molecule has 5 aliphatic rings. The maximum absolute atomic E-state index is 10.6. The molecule has 1 N–H and O–H groups in total. The molecule has 4 saturated carbocycles. The molecule has 146 valence electrons. The fraction of sp³-hybridized carbons (Fsp3) is 0.917. The number of rotatable bonds is 2. The van der Waals surface area contributed by atoms with Crippen molar-refractivity contribution in [1.29, 1.82) is 0 Å². The number of fused-ring (bicyclic) bond motifs is 5. The zero-order valence-electron chi connectivity index (χ0n) is 17.3. The van der Waals surface area contributed by atoms with E-state index >= 15 is 0 Å². The number of hydrogen-bond acceptors (Lipinski definition) is 2. The Labute approximate surface area is 159 Å². The van der Waals surface area contributed by atoms with Crippen molar-refractivity contribution in [1.82, 2.24) is 0 Å². The van der Waals surface area contributed by atoms with Gasteiger partial charge in [-0.15, -0.1) is 0 Å². The van der Waals surface area contributed by atoms with Gasteiger partial charge < -0.3 is 9.84 Å². The first-order valence-electron chi connectivity index (χ1n) is 11.3. The molecule has 0 radical (unpaired) electrons. The van der Waals surface area contributed by atoms with E-state index in [1.807, 2.05) is 0 Å². The minimum atomic E-state index is -0.171. The first-order chi connectivity index (χ1) is 12.3. The van der Waals surface area contributed by atoms with Crippen molar-refractivity contribution < 1.29 is 9.84 Å². The summed E-state index contributed by atoms with van der Waals surface area (Å²) >= 11 is 0. The Bertz CT molecular complexity index is 618. The highest BCUT2D eigenvalue weighted by Gasteiger charge is 2.61. The molecule has 0 aromatic rings. The van der Waals surface area contributed by atoms with Crippen molar-refractivity contribution >= 4 is 0 Å². The van der Waals surface area contributed by atoms with Crippen LogP contribution in [-0.4, -0.2) is 23.4 Å². The Morgan fingerprint density at radius 1 is 0.923 bits per heavy atom. The molecule has 0 aliphatic heterocycles. The first kappa shape index (κ1) is 17.7. The van der Waals surface area contributed by atoms with Gasteiger partial charge in [0.2, 0.25) is 0 Å². The predicted octanol–water partition coefficient (Wildman–Crippen LogP) is 5.49. The van der Waals surface area contributed by atoms with Crippen LogP contribution in [0.3, 0.4) is 0 Å². The standard InChI is InChI=1S/C24H38O2/c1-22(2)19-9-7-16-17-8-10-21(26-15-5-6-15)24(17,4)13-11-18(16)23(19,3)14-12-20(22)25/h9,15-18,20-21,25H,5-8,10-14H2,1-4H3/t16?,17?,18?,20-,21-,23+,24-/m0/s1. The van der Waals surface area contributed by atoms with E-state index in [0.29, 0.717) is 23.0 Å². The zero-order chi connectivity index (χ0) is 18.3. The summed E-state index contributed by atoms with van der Waals surface area (Å²) in [4.78, 5) is 0. The second kappa shape index (κ2) is 5.60. The number of hydrogen-bond donors (Lipinski definition) is 1. The molecule has 4 fully saturated rings. The number of aliphatic hydroxyl groups is 1. The molecule has 0 amide bonds. The smallest absolute Gasteiger partial charge is 0.0635 e. The third-order valence-electron chi connectivity index (χ3n) is 9.72. The van der Waals surface area contributed by atoms with Crippen LogP contribution in [0.1, 0.15) is 85.5 Å². The van der Waals surface area contributed by atoms with Gasteiger partial charge in [-0.05, 0) is 86.4 Å². The van der Waals surface area contributed by atoms with Crippen LogP contribution in [0.5, 0.6) is 0 Å². The normalized spacial score (nSPS) is 52.7. The second-order valence-electron chi connectivity index (χ2n) is 11.4. The lowest BCUT2D eigenvalue weighted by molar-refractivity contribution is -0.106. The number of ether oxygens (including phenoxy) is 1. The molecule has 0 heterocycles. The summed E-state index contributed by atoms with van der Waals surface area (Å²) < 4.78 is 6.50. The Hall–Kier alpha value is -0.340. The van der Waals surface area contributed by atoms with E-state index in [0.717, 1.165) is 24.2 Å². The van der Waals surface area contributed by atoms with Crippen molar-refractivity contribution in [2.24, 2.45) is 34.0 Å². The van der Waals surface area contributed by atoms with Gasteiger partial charge in [0.25, 0.3) is 0 Å². The van der Waals surface area contributed by atoms with Gasteiger partial charge in [-0.2, -0.15) is 0 Å². The maximum Gasteiger partial charge on any atom is 0.0635 e. The summed E-state index contributed by atoms with van der Waals surface area (Å²) in [6.45, 7) is 9.66. The van der Waals surface area contributed by atoms with Crippen LogP contribution in [0, 0.1) is 34.0 Å². The van der Waals surface area contributed by atoms with E-state index in [-0.39, 0.29) is 11.5 Å². The van der Waals surface area contributed by atoms with Gasteiger partial charge in [0.05, 0.1) is 18.3 Å². The molecular weight excluding hydrogens is 320 g/mol. The summed E-state index contributed by atoms with van der Waals surface area (Å²) in [6, 6.07) is 0. The molecule has 2 nitrogen and oxygen atoms in total. The Kier molecular flexibility index (Phi) is 3.82. The van der Waals surface area contributed by atoms with Crippen LogP contribution < -0.4 is 0 Å². The summed E-state index contributed by atoms with van der Waals surface area (Å²) in [7, 11) is 0. The van der Waals surface area contributed by atoms with Crippen LogP contribution in [0.4, 0.5) is 0 Å². The van der Waals surface area contributed by atoms with Crippen molar-refractivity contribution in [2.45, 2.75) is 104 Å². The summed E-state index contributed by atoms with van der Waals surface area (Å²) in [5.74, 6) is 2.49. The molecule has 2 heteroatoms. The Morgan fingerprint density at radius 2 is 1.69 bits per heavy atom. The van der Waals surface area contributed by atoms with E-state index in [1.54, 1.807) is 5.57 Å². The molecule has 7 atom stereocenters. The fourth-order valence-electron chi connectivity index (χ4n) is 8.00. The molecule has 5 aliphatic carbocycles. The van der Waals surface area contributed by atoms with Gasteiger partial charge in [0.15, 0.2) is 0 Å². The molecular formula is C24H38O2. The number of aliphatic hydroxyl groups excluding tert-OH is 1. The number of allylic oxidation sites excluding steroid dienone is 1. The van der Waals surface area contributed by atoms with Gasteiger partial charge in [0, 0.05) is 5.41 Å². The predicted molar refractivity (Wildman–Crippen MR) is 105 cm³/mol. The molecule has 0 spiro atoms. The van der Waals surface area contributed by atoms with Gasteiger partial charge in [-0.1, -0.05) is 39.3 Å². The van der Waals surface area contributed by atoms with Gasteiger partial charge >= 0.3 is 0 Å². The highest BCUT2D eigenvalue weighted by molar-refractivity contribution is 5.31. The molecule has 0 aromatic heterocycles. The highest BCUT2D eigenvalue weighted by atomic mass is 16.5. The van der Waals surface area contributed by atoms with Crippen LogP contribution in [-0.2, 0) is 4.74 Å². The van der Waals surface area contributed by atoms with E-state index in [2.05, 4.69) is 33.8 Å². The van der Waals surface area contributed by atoms with Gasteiger partial charge in [0.1, 0.15) is 0 Å². The minimum Gasteiger partial charge on any atom is -0.392 e. The lowest BCUT2D eigenvalue weighted by Crippen LogP contribution is -2.55. The zero-order valence-corrected chi connectivity index (χ0v) is 17.3. The lowest BCUT2D eigenvalue weighted by Gasteiger charge is -2.61. The molecule has 5 rings (SSSR count). The van der Waals surface area contributed by atoms with Crippen LogP contribution >= 0.6 is 0 Å². The van der Waals surface area contributed by atoms with Gasteiger partial charge in [-0.25, -0.2) is 0 Å². The van der Waals surface area contributed by atoms with Crippen molar-refractivity contribution in [3.8, 4) is 0 Å². The third kappa shape index (κ3) is 2.30. The van der Waals surface area contributed by atoms with Crippen molar-refractivity contribution in [3.05, 3.63) is 11.6 Å². The largest absolute Gasteiger partial charge is 0.392 e. The lowest BCUT2D eigenvalue weighted by atomic mass is 9.45. The van der Waals surface area contributed by atoms with E-state index in [1.165, 1.54) is 51.4 Å². The second-order valence-corrected chi connectivity index (χ2v) is 11.4. The van der Waals surface area contributed by atoms with E-state index < -0.39 is 0 Å². The quantitative estimate of drug-likeness (QED) is 0.661. The van der Waals surface area contributed by atoms with Crippen LogP contribution in [0.25, 0.3) is 0 Å². The minimum absolute atomic E-state index is 0.0496. The summed E-state index contributed by atoms with van der Waals surface area (Å²) in [5.41, 5.74) is 2.25. The summed E-state index contributed by atoms with van der Waals surface area (Å²) in [6.07, 6.45) is 14.9. The molecule has 0 saturated heterocycles.